The number of ether oxygens (including phenoxy) is 2. The van der Waals surface area contributed by atoms with Crippen molar-refractivity contribution in [1.29, 1.82) is 0 Å². The van der Waals surface area contributed by atoms with Gasteiger partial charge < -0.3 is 14.8 Å². The Morgan fingerprint density at radius 1 is 1.26 bits per heavy atom. The van der Waals surface area contributed by atoms with E-state index in [0.29, 0.717) is 4.90 Å². The van der Waals surface area contributed by atoms with E-state index in [-0.39, 0.29) is 28.6 Å². The molecule has 0 unspecified atom stereocenters. The minimum Gasteiger partial charge on any atom is -0.493 e. The van der Waals surface area contributed by atoms with Crippen LogP contribution >= 0.6 is 0 Å². The van der Waals surface area contributed by atoms with Gasteiger partial charge in [0, 0.05) is 6.07 Å². The predicted octanol–water partition coefficient (Wildman–Crippen LogP) is 3.29. The first kappa shape index (κ1) is 21.9. The standard InChI is InChI=1S/C19H16F3N3O6/c1-30-14-7-6-11(25(28)29)8-15(14)31-10-18(27)24-13-5-3-2-4-12(13)23-17(26)9-16(24)19(20,21)22/h2-8,16H,9-10H2,1H3,(H,23,26)/t16-/m1/s1. The average Bonchev–Trinajstić information content (AvgIpc) is 2.87. The molecule has 1 heterocycles. The van der Waals surface area contributed by atoms with Crippen molar-refractivity contribution in [1.82, 2.24) is 0 Å². The van der Waals surface area contributed by atoms with E-state index in [0.717, 1.165) is 12.1 Å². The van der Waals surface area contributed by atoms with Crippen molar-refractivity contribution in [2.75, 3.05) is 23.9 Å². The van der Waals surface area contributed by atoms with Crippen LogP contribution in [0.1, 0.15) is 6.42 Å². The molecule has 1 N–H and O–H groups in total. The lowest BCUT2D eigenvalue weighted by Crippen LogP contribution is -2.51. The Labute approximate surface area is 173 Å². The molecule has 0 spiro atoms. The van der Waals surface area contributed by atoms with E-state index in [2.05, 4.69) is 5.32 Å². The Morgan fingerprint density at radius 3 is 2.61 bits per heavy atom. The number of nitro benzene ring substituents is 1. The third-order valence-electron chi connectivity index (χ3n) is 4.48. The predicted molar refractivity (Wildman–Crippen MR) is 102 cm³/mol. The molecule has 0 radical (unpaired) electrons. The Morgan fingerprint density at radius 2 is 1.97 bits per heavy atom. The van der Waals surface area contributed by atoms with Crippen molar-refractivity contribution in [2.24, 2.45) is 0 Å². The van der Waals surface area contributed by atoms with E-state index in [9.17, 15) is 32.9 Å². The van der Waals surface area contributed by atoms with Gasteiger partial charge in [-0.05, 0) is 18.2 Å². The number of hydrogen-bond acceptors (Lipinski definition) is 6. The third-order valence-corrected chi connectivity index (χ3v) is 4.48. The fraction of sp³-hybridized carbons (Fsp3) is 0.263. The van der Waals surface area contributed by atoms with Gasteiger partial charge in [-0.1, -0.05) is 12.1 Å². The van der Waals surface area contributed by atoms with Crippen molar-refractivity contribution < 1.29 is 37.2 Å². The van der Waals surface area contributed by atoms with E-state index in [1.807, 2.05) is 0 Å². The van der Waals surface area contributed by atoms with Crippen LogP contribution in [0, 0.1) is 10.1 Å². The number of para-hydroxylation sites is 2. The normalized spacial score (nSPS) is 16.1. The molecule has 31 heavy (non-hydrogen) atoms. The van der Waals surface area contributed by atoms with Gasteiger partial charge in [-0.15, -0.1) is 0 Å². The monoisotopic (exact) mass is 439 g/mol. The summed E-state index contributed by atoms with van der Waals surface area (Å²) < 4.78 is 51.4. The van der Waals surface area contributed by atoms with Gasteiger partial charge in [0.1, 0.15) is 6.04 Å². The van der Waals surface area contributed by atoms with Gasteiger partial charge in [0.25, 0.3) is 11.6 Å². The fourth-order valence-corrected chi connectivity index (χ4v) is 3.10. The molecule has 0 saturated heterocycles. The number of anilines is 2. The number of benzene rings is 2. The summed E-state index contributed by atoms with van der Waals surface area (Å²) >= 11 is 0. The highest BCUT2D eigenvalue weighted by molar-refractivity contribution is 6.05. The van der Waals surface area contributed by atoms with Crippen LogP contribution in [0.5, 0.6) is 11.5 Å². The maximum atomic E-state index is 13.7. The Balaban J connectivity index is 1.94. The molecule has 164 valence electrons. The molecular formula is C19H16F3N3O6. The van der Waals surface area contributed by atoms with Crippen molar-refractivity contribution in [3.05, 3.63) is 52.6 Å². The number of nitrogens with one attached hydrogen (secondary N) is 1. The fourth-order valence-electron chi connectivity index (χ4n) is 3.10. The number of halogens is 3. The molecule has 9 nitrogen and oxygen atoms in total. The third kappa shape index (κ3) is 4.68. The zero-order valence-electron chi connectivity index (χ0n) is 16.0. The smallest absolute Gasteiger partial charge is 0.409 e. The summed E-state index contributed by atoms with van der Waals surface area (Å²) in [5.74, 6) is -2.13. The van der Waals surface area contributed by atoms with Crippen molar-refractivity contribution >= 4 is 28.9 Å². The highest BCUT2D eigenvalue weighted by Gasteiger charge is 2.49. The summed E-state index contributed by atoms with van der Waals surface area (Å²) in [6.07, 6.45) is -5.89. The molecule has 2 aromatic carbocycles. The maximum Gasteiger partial charge on any atom is 0.409 e. The quantitative estimate of drug-likeness (QED) is 0.565. The molecule has 0 bridgehead atoms. The summed E-state index contributed by atoms with van der Waals surface area (Å²) in [6, 6.07) is 6.53. The number of fused-ring (bicyclic) bond motifs is 1. The second-order valence-electron chi connectivity index (χ2n) is 6.47. The van der Waals surface area contributed by atoms with E-state index >= 15 is 0 Å². The lowest BCUT2D eigenvalue weighted by Gasteiger charge is -2.31. The Kier molecular flexibility index (Phi) is 5.99. The first-order chi connectivity index (χ1) is 14.6. The van der Waals surface area contributed by atoms with Crippen LogP contribution in [0.15, 0.2) is 42.5 Å². The zero-order chi connectivity index (χ0) is 22.8. The topological polar surface area (TPSA) is 111 Å². The molecule has 0 aliphatic carbocycles. The second kappa shape index (κ2) is 8.50. The number of carbonyl (C=O) groups is 2. The summed E-state index contributed by atoms with van der Waals surface area (Å²) in [5.41, 5.74) is -0.456. The molecule has 0 saturated carbocycles. The maximum absolute atomic E-state index is 13.7. The van der Waals surface area contributed by atoms with Gasteiger partial charge in [0.2, 0.25) is 5.91 Å². The van der Waals surface area contributed by atoms with Crippen LogP contribution in [0.2, 0.25) is 0 Å². The number of rotatable bonds is 5. The number of carbonyl (C=O) groups excluding carboxylic acids is 2. The van der Waals surface area contributed by atoms with Crippen LogP contribution < -0.4 is 19.7 Å². The molecule has 2 amide bonds. The first-order valence-electron chi connectivity index (χ1n) is 8.84. The molecule has 1 aliphatic rings. The van der Waals surface area contributed by atoms with Crippen molar-refractivity contribution in [3.63, 3.8) is 0 Å². The molecule has 2 aromatic rings. The second-order valence-corrected chi connectivity index (χ2v) is 6.47. The van der Waals surface area contributed by atoms with Gasteiger partial charge in [-0.2, -0.15) is 13.2 Å². The van der Waals surface area contributed by atoms with Crippen molar-refractivity contribution in [2.45, 2.75) is 18.6 Å². The van der Waals surface area contributed by atoms with Crippen LogP contribution in [0.3, 0.4) is 0 Å². The number of nitro groups is 1. The molecule has 12 heteroatoms. The molecular weight excluding hydrogens is 423 g/mol. The molecule has 1 aliphatic heterocycles. The van der Waals surface area contributed by atoms with E-state index in [1.54, 1.807) is 0 Å². The molecule has 0 fully saturated rings. The first-order valence-corrected chi connectivity index (χ1v) is 8.84. The van der Waals surface area contributed by atoms with Crippen LogP contribution in [-0.4, -0.2) is 42.7 Å². The van der Waals surface area contributed by atoms with Gasteiger partial charge in [-0.3, -0.25) is 24.6 Å². The number of non-ortho nitro benzene ring substituents is 1. The SMILES string of the molecule is COc1ccc([N+](=O)[O-])cc1OCC(=O)N1c2ccccc2NC(=O)C[C@@H]1C(F)(F)F. The Bertz CT molecular complexity index is 1030. The molecule has 1 atom stereocenters. The van der Waals surface area contributed by atoms with Crippen molar-refractivity contribution in [3.8, 4) is 11.5 Å². The minimum absolute atomic E-state index is 0.0422. The lowest BCUT2D eigenvalue weighted by molar-refractivity contribution is -0.385. The lowest BCUT2D eigenvalue weighted by atomic mass is 10.1. The number of methoxy groups -OCH3 is 1. The van der Waals surface area contributed by atoms with Gasteiger partial charge in [0.05, 0.1) is 35.9 Å². The van der Waals surface area contributed by atoms with E-state index in [4.69, 9.17) is 9.47 Å². The van der Waals surface area contributed by atoms with Gasteiger partial charge in [0.15, 0.2) is 18.1 Å². The minimum atomic E-state index is -4.90. The number of hydrogen-bond donors (Lipinski definition) is 1. The Hall–Kier alpha value is -3.83. The van der Waals surface area contributed by atoms with E-state index < -0.39 is 42.0 Å². The van der Waals surface area contributed by atoms with Crippen LogP contribution in [0.4, 0.5) is 30.2 Å². The molecule has 3 rings (SSSR count). The number of nitrogens with zero attached hydrogens (tertiary/aromatic N) is 2. The van der Waals surface area contributed by atoms with E-state index in [1.165, 1.54) is 37.4 Å². The van der Waals surface area contributed by atoms with Gasteiger partial charge >= 0.3 is 6.18 Å². The highest BCUT2D eigenvalue weighted by Crippen LogP contribution is 2.38. The summed E-state index contributed by atoms with van der Waals surface area (Å²) in [6.45, 7) is -0.882. The van der Waals surface area contributed by atoms with Crippen LogP contribution in [-0.2, 0) is 9.59 Å². The number of amides is 2. The largest absolute Gasteiger partial charge is 0.493 e. The van der Waals surface area contributed by atoms with Gasteiger partial charge in [-0.25, -0.2) is 0 Å². The molecule has 0 aromatic heterocycles. The summed E-state index contributed by atoms with van der Waals surface area (Å²) in [4.78, 5) is 35.6. The van der Waals surface area contributed by atoms with Crippen LogP contribution in [0.25, 0.3) is 0 Å². The average molecular weight is 439 g/mol. The number of alkyl halides is 3. The summed E-state index contributed by atoms with van der Waals surface area (Å²) in [7, 11) is 1.26. The zero-order valence-corrected chi connectivity index (χ0v) is 16.0. The highest BCUT2D eigenvalue weighted by atomic mass is 19.4. The summed E-state index contributed by atoms with van der Waals surface area (Å²) in [5, 5.41) is 13.3.